The van der Waals surface area contributed by atoms with Crippen LogP contribution in [0.1, 0.15) is 18.1 Å². The molecule has 0 fully saturated rings. The highest BCUT2D eigenvalue weighted by atomic mass is 19.4. The molecule has 0 saturated heterocycles. The maximum absolute atomic E-state index is 12.5. The second-order valence-electron chi connectivity index (χ2n) is 3.66. The molecule has 0 heterocycles. The first-order chi connectivity index (χ1) is 7.15. The standard InChI is InChI=1S/C10H10F5N/c1-9(16,8(11)12)6-2-4-7(5-3-6)10(13,14)15/h2-5,8H,16H2,1H3. The third-order valence-electron chi connectivity index (χ3n) is 2.29. The summed E-state index contributed by atoms with van der Waals surface area (Å²) in [6.07, 6.45) is -7.32. The molecule has 0 bridgehead atoms. The molecule has 90 valence electrons. The van der Waals surface area contributed by atoms with Gasteiger partial charge in [-0.3, -0.25) is 0 Å². The molecule has 1 aromatic carbocycles. The average Bonchev–Trinajstić information content (AvgIpc) is 2.16. The van der Waals surface area contributed by atoms with Crippen molar-refractivity contribution in [3.63, 3.8) is 0 Å². The van der Waals surface area contributed by atoms with Gasteiger partial charge in [-0.05, 0) is 24.6 Å². The molecular formula is C10H10F5N. The normalized spacial score (nSPS) is 16.2. The van der Waals surface area contributed by atoms with Crippen molar-refractivity contribution < 1.29 is 22.0 Å². The second-order valence-corrected chi connectivity index (χ2v) is 3.66. The lowest BCUT2D eigenvalue weighted by Crippen LogP contribution is -2.40. The van der Waals surface area contributed by atoms with Crippen LogP contribution in [0, 0.1) is 0 Å². The molecule has 0 spiro atoms. The molecule has 0 saturated carbocycles. The SMILES string of the molecule is CC(N)(c1ccc(C(F)(F)F)cc1)C(F)F. The number of nitrogens with two attached hydrogens (primary N) is 1. The summed E-state index contributed by atoms with van der Waals surface area (Å²) in [5.41, 5.74) is 2.45. The van der Waals surface area contributed by atoms with Gasteiger partial charge in [-0.15, -0.1) is 0 Å². The van der Waals surface area contributed by atoms with E-state index < -0.39 is 23.7 Å². The van der Waals surface area contributed by atoms with Crippen LogP contribution >= 0.6 is 0 Å². The maximum Gasteiger partial charge on any atom is 0.416 e. The first kappa shape index (κ1) is 12.9. The molecule has 1 unspecified atom stereocenters. The zero-order valence-corrected chi connectivity index (χ0v) is 8.35. The molecule has 1 aromatic rings. The van der Waals surface area contributed by atoms with Gasteiger partial charge in [0.2, 0.25) is 0 Å². The van der Waals surface area contributed by atoms with Crippen LogP contribution in [0.25, 0.3) is 0 Å². The minimum Gasteiger partial charge on any atom is -0.317 e. The topological polar surface area (TPSA) is 26.0 Å². The fourth-order valence-corrected chi connectivity index (χ4v) is 1.14. The van der Waals surface area contributed by atoms with E-state index in [1.165, 1.54) is 0 Å². The lowest BCUT2D eigenvalue weighted by molar-refractivity contribution is -0.137. The molecule has 1 atom stereocenters. The van der Waals surface area contributed by atoms with Gasteiger partial charge in [-0.2, -0.15) is 13.2 Å². The van der Waals surface area contributed by atoms with Gasteiger partial charge in [-0.1, -0.05) is 12.1 Å². The van der Waals surface area contributed by atoms with Crippen molar-refractivity contribution in [1.29, 1.82) is 0 Å². The predicted octanol–water partition coefficient (Wildman–Crippen LogP) is 3.14. The molecule has 0 aromatic heterocycles. The highest BCUT2D eigenvalue weighted by molar-refractivity contribution is 5.29. The van der Waals surface area contributed by atoms with Crippen molar-refractivity contribution in [2.45, 2.75) is 25.1 Å². The Balaban J connectivity index is 3.05. The van der Waals surface area contributed by atoms with E-state index in [9.17, 15) is 22.0 Å². The van der Waals surface area contributed by atoms with Gasteiger partial charge in [-0.25, -0.2) is 8.78 Å². The Morgan fingerprint density at radius 2 is 1.38 bits per heavy atom. The van der Waals surface area contributed by atoms with Crippen LogP contribution in [0.2, 0.25) is 0 Å². The monoisotopic (exact) mass is 239 g/mol. The number of halogens is 5. The van der Waals surface area contributed by atoms with E-state index in [1.54, 1.807) is 0 Å². The van der Waals surface area contributed by atoms with E-state index in [-0.39, 0.29) is 5.56 Å². The summed E-state index contributed by atoms with van der Waals surface area (Å²) in [6, 6.07) is 3.41. The number of benzene rings is 1. The summed E-state index contributed by atoms with van der Waals surface area (Å²) in [7, 11) is 0. The van der Waals surface area contributed by atoms with Crippen molar-refractivity contribution in [1.82, 2.24) is 0 Å². The van der Waals surface area contributed by atoms with E-state index in [2.05, 4.69) is 0 Å². The third kappa shape index (κ3) is 2.49. The fourth-order valence-electron chi connectivity index (χ4n) is 1.14. The highest BCUT2D eigenvalue weighted by Crippen LogP contribution is 2.31. The molecule has 0 amide bonds. The molecule has 0 aliphatic rings. The van der Waals surface area contributed by atoms with E-state index in [4.69, 9.17) is 5.73 Å². The Bertz CT molecular complexity index is 352. The van der Waals surface area contributed by atoms with Crippen LogP contribution in [0.4, 0.5) is 22.0 Å². The van der Waals surface area contributed by atoms with E-state index in [0.717, 1.165) is 31.2 Å². The summed E-state index contributed by atoms with van der Waals surface area (Å²) >= 11 is 0. The Kier molecular flexibility index (Phi) is 3.23. The zero-order valence-electron chi connectivity index (χ0n) is 8.35. The van der Waals surface area contributed by atoms with Crippen molar-refractivity contribution in [2.75, 3.05) is 0 Å². The summed E-state index contributed by atoms with van der Waals surface area (Å²) < 4.78 is 61.6. The summed E-state index contributed by atoms with van der Waals surface area (Å²) in [4.78, 5) is 0. The van der Waals surface area contributed by atoms with Crippen molar-refractivity contribution in [3.8, 4) is 0 Å². The molecule has 0 radical (unpaired) electrons. The van der Waals surface area contributed by atoms with Crippen LogP contribution in [0.15, 0.2) is 24.3 Å². The Morgan fingerprint density at radius 1 is 1.00 bits per heavy atom. The van der Waals surface area contributed by atoms with Gasteiger partial charge in [0.05, 0.1) is 11.1 Å². The van der Waals surface area contributed by atoms with E-state index in [0.29, 0.717) is 0 Å². The van der Waals surface area contributed by atoms with Gasteiger partial charge in [0, 0.05) is 0 Å². The largest absolute Gasteiger partial charge is 0.416 e. The molecular weight excluding hydrogens is 229 g/mol. The predicted molar refractivity (Wildman–Crippen MR) is 49.0 cm³/mol. The zero-order chi connectivity index (χ0) is 12.6. The van der Waals surface area contributed by atoms with Gasteiger partial charge in [0.15, 0.2) is 0 Å². The molecule has 6 heteroatoms. The van der Waals surface area contributed by atoms with Crippen molar-refractivity contribution in [3.05, 3.63) is 35.4 Å². The Morgan fingerprint density at radius 3 is 1.69 bits per heavy atom. The third-order valence-corrected chi connectivity index (χ3v) is 2.29. The lowest BCUT2D eigenvalue weighted by Gasteiger charge is -2.24. The number of hydrogen-bond donors (Lipinski definition) is 1. The quantitative estimate of drug-likeness (QED) is 0.788. The van der Waals surface area contributed by atoms with Crippen molar-refractivity contribution >= 4 is 0 Å². The van der Waals surface area contributed by atoms with Gasteiger partial charge in [0.1, 0.15) is 0 Å². The minimum atomic E-state index is -4.48. The average molecular weight is 239 g/mol. The summed E-state index contributed by atoms with van der Waals surface area (Å²) in [6.45, 7) is 1.07. The number of hydrogen-bond acceptors (Lipinski definition) is 1. The molecule has 1 nitrogen and oxygen atoms in total. The van der Waals surface area contributed by atoms with Crippen LogP contribution < -0.4 is 5.73 Å². The second kappa shape index (κ2) is 4.01. The molecule has 0 aliphatic carbocycles. The summed E-state index contributed by atoms with van der Waals surface area (Å²) in [5.74, 6) is 0. The first-order valence-corrected chi connectivity index (χ1v) is 4.40. The minimum absolute atomic E-state index is 0.0319. The maximum atomic E-state index is 12.5. The van der Waals surface area contributed by atoms with Crippen molar-refractivity contribution in [2.24, 2.45) is 5.73 Å². The fraction of sp³-hybridized carbons (Fsp3) is 0.400. The lowest BCUT2D eigenvalue weighted by atomic mass is 9.93. The number of rotatable bonds is 2. The van der Waals surface area contributed by atoms with E-state index >= 15 is 0 Å². The number of alkyl halides is 5. The Hall–Kier alpha value is -1.17. The smallest absolute Gasteiger partial charge is 0.317 e. The van der Waals surface area contributed by atoms with Crippen LogP contribution in [0.3, 0.4) is 0 Å². The molecule has 2 N–H and O–H groups in total. The first-order valence-electron chi connectivity index (χ1n) is 4.40. The molecule has 16 heavy (non-hydrogen) atoms. The van der Waals surface area contributed by atoms with Gasteiger partial charge >= 0.3 is 6.18 Å². The van der Waals surface area contributed by atoms with Crippen LogP contribution in [-0.4, -0.2) is 6.43 Å². The highest BCUT2D eigenvalue weighted by Gasteiger charge is 2.34. The molecule has 1 rings (SSSR count). The summed E-state index contributed by atoms with van der Waals surface area (Å²) in [5, 5.41) is 0. The Labute approximate surface area is 89.1 Å². The van der Waals surface area contributed by atoms with Gasteiger partial charge in [0.25, 0.3) is 6.43 Å². The van der Waals surface area contributed by atoms with E-state index in [1.807, 2.05) is 0 Å². The van der Waals surface area contributed by atoms with Gasteiger partial charge < -0.3 is 5.73 Å². The molecule has 0 aliphatic heterocycles. The van der Waals surface area contributed by atoms with Crippen LogP contribution in [-0.2, 0) is 11.7 Å². The van der Waals surface area contributed by atoms with Crippen LogP contribution in [0.5, 0.6) is 0 Å².